The SMILES string of the molecule is COC(=O)S1(Cc2ccccc2)C=CC(=O)CC1. The quantitative estimate of drug-likeness (QED) is 0.770. The Bertz CT molecular complexity index is 481. The third-order valence-electron chi connectivity index (χ3n) is 2.99. The Hall–Kier alpha value is -1.55. The maximum Gasteiger partial charge on any atom is 0.353 e. The fourth-order valence-electron chi connectivity index (χ4n) is 2.00. The van der Waals surface area contributed by atoms with E-state index in [4.69, 9.17) is 4.74 Å². The van der Waals surface area contributed by atoms with E-state index in [1.54, 1.807) is 11.5 Å². The van der Waals surface area contributed by atoms with Crippen LogP contribution < -0.4 is 0 Å². The van der Waals surface area contributed by atoms with Crippen LogP contribution in [-0.2, 0) is 15.3 Å². The van der Waals surface area contributed by atoms with Crippen molar-refractivity contribution in [2.45, 2.75) is 12.2 Å². The molecule has 1 aliphatic rings. The molecular weight excluding hydrogens is 248 g/mol. The van der Waals surface area contributed by atoms with Crippen molar-refractivity contribution in [1.82, 2.24) is 0 Å². The maximum atomic E-state index is 12.1. The van der Waals surface area contributed by atoms with Crippen molar-refractivity contribution in [2.75, 3.05) is 12.9 Å². The molecule has 0 aliphatic carbocycles. The average Bonchev–Trinajstić information content (AvgIpc) is 2.42. The molecule has 1 heterocycles. The fourth-order valence-corrected chi connectivity index (χ4v) is 4.87. The molecule has 0 spiro atoms. The van der Waals surface area contributed by atoms with E-state index < -0.39 is 10.0 Å². The summed E-state index contributed by atoms with van der Waals surface area (Å²) in [6, 6.07) is 9.86. The zero-order chi connectivity index (χ0) is 13.0. The Labute approximate surface area is 108 Å². The van der Waals surface area contributed by atoms with Gasteiger partial charge in [0, 0.05) is 12.2 Å². The second kappa shape index (κ2) is 5.40. The maximum absolute atomic E-state index is 12.1. The molecule has 0 fully saturated rings. The molecule has 0 bridgehead atoms. The molecule has 0 saturated heterocycles. The predicted molar refractivity (Wildman–Crippen MR) is 73.8 cm³/mol. The summed E-state index contributed by atoms with van der Waals surface area (Å²) >= 11 is 0. The van der Waals surface area contributed by atoms with Crippen LogP contribution in [-0.4, -0.2) is 23.9 Å². The van der Waals surface area contributed by atoms with E-state index in [0.29, 0.717) is 17.9 Å². The smallest absolute Gasteiger partial charge is 0.353 e. The Morgan fingerprint density at radius 3 is 2.61 bits per heavy atom. The van der Waals surface area contributed by atoms with E-state index in [0.717, 1.165) is 5.56 Å². The van der Waals surface area contributed by atoms with Gasteiger partial charge in [0.25, 0.3) is 0 Å². The van der Waals surface area contributed by atoms with Crippen molar-refractivity contribution >= 4 is 21.1 Å². The molecule has 3 nitrogen and oxygen atoms in total. The van der Waals surface area contributed by atoms with Gasteiger partial charge in [0.2, 0.25) is 0 Å². The van der Waals surface area contributed by atoms with Crippen molar-refractivity contribution in [1.29, 1.82) is 0 Å². The molecule has 0 aromatic heterocycles. The number of rotatable bonds is 2. The van der Waals surface area contributed by atoms with E-state index in [2.05, 4.69) is 0 Å². The molecule has 1 unspecified atom stereocenters. The summed E-state index contributed by atoms with van der Waals surface area (Å²) in [5, 5.41) is 1.60. The molecule has 18 heavy (non-hydrogen) atoms. The molecule has 1 aliphatic heterocycles. The van der Waals surface area contributed by atoms with Crippen LogP contribution in [0.2, 0.25) is 0 Å². The fraction of sp³-hybridized carbons (Fsp3) is 0.286. The van der Waals surface area contributed by atoms with Gasteiger partial charge in [0.15, 0.2) is 5.78 Å². The van der Waals surface area contributed by atoms with Gasteiger partial charge < -0.3 is 4.74 Å². The van der Waals surface area contributed by atoms with Crippen molar-refractivity contribution in [3.63, 3.8) is 0 Å². The third kappa shape index (κ3) is 2.64. The van der Waals surface area contributed by atoms with E-state index in [1.165, 1.54) is 7.11 Å². The Morgan fingerprint density at radius 2 is 2.06 bits per heavy atom. The van der Waals surface area contributed by atoms with E-state index in [-0.39, 0.29) is 11.1 Å². The number of hydrogen-bond acceptors (Lipinski definition) is 3. The standard InChI is InChI=1S/C14H16O3S/c1-17-14(16)18(9-7-13(15)8-10-18)11-12-5-3-2-4-6-12/h2-7,9H,8,10-11H2,1H3. The molecule has 1 aromatic carbocycles. The monoisotopic (exact) mass is 264 g/mol. The zero-order valence-electron chi connectivity index (χ0n) is 10.3. The average molecular weight is 264 g/mol. The van der Waals surface area contributed by atoms with Crippen molar-refractivity contribution < 1.29 is 14.3 Å². The van der Waals surface area contributed by atoms with Crippen molar-refractivity contribution in [3.8, 4) is 0 Å². The minimum atomic E-state index is -1.67. The molecule has 1 aromatic rings. The van der Waals surface area contributed by atoms with Crippen LogP contribution in [0.25, 0.3) is 0 Å². The summed E-state index contributed by atoms with van der Waals surface area (Å²) < 4.78 is 4.94. The second-order valence-electron chi connectivity index (χ2n) is 4.25. The summed E-state index contributed by atoms with van der Waals surface area (Å²) in [6.45, 7) is 0. The zero-order valence-corrected chi connectivity index (χ0v) is 11.1. The summed E-state index contributed by atoms with van der Waals surface area (Å²) in [5.74, 6) is 1.35. The van der Waals surface area contributed by atoms with Gasteiger partial charge in [-0.05, 0) is 22.8 Å². The Balaban J connectivity index is 2.29. The van der Waals surface area contributed by atoms with Crippen LogP contribution in [0.3, 0.4) is 0 Å². The number of carbonyl (C=O) groups excluding carboxylic acids is 2. The van der Waals surface area contributed by atoms with Gasteiger partial charge in [-0.15, -0.1) is 10.0 Å². The lowest BCUT2D eigenvalue weighted by atomic mass is 10.2. The van der Waals surface area contributed by atoms with Gasteiger partial charge in [0.05, 0.1) is 7.11 Å². The topological polar surface area (TPSA) is 43.4 Å². The normalized spacial score (nSPS) is 26.4. The van der Waals surface area contributed by atoms with Gasteiger partial charge >= 0.3 is 5.30 Å². The Kier molecular flexibility index (Phi) is 3.87. The molecule has 0 radical (unpaired) electrons. The molecule has 2 rings (SSSR count). The Morgan fingerprint density at radius 1 is 1.33 bits per heavy atom. The summed E-state index contributed by atoms with van der Waals surface area (Å²) in [5.41, 5.74) is 1.11. The number of ether oxygens (including phenoxy) is 1. The molecule has 4 heteroatoms. The molecule has 0 amide bonds. The number of ketones is 1. The highest BCUT2D eigenvalue weighted by molar-refractivity contribution is 8.46. The van der Waals surface area contributed by atoms with Gasteiger partial charge in [-0.2, -0.15) is 0 Å². The highest BCUT2D eigenvalue weighted by atomic mass is 32.3. The summed E-state index contributed by atoms with van der Waals surface area (Å²) in [7, 11) is -0.266. The highest BCUT2D eigenvalue weighted by Gasteiger charge is 2.34. The number of hydrogen-bond donors (Lipinski definition) is 0. The lowest BCUT2D eigenvalue weighted by molar-refractivity contribution is -0.114. The molecule has 0 saturated carbocycles. The third-order valence-corrected chi connectivity index (χ3v) is 6.26. The largest absolute Gasteiger partial charge is 0.462 e. The molecular formula is C14H16O3S. The van der Waals surface area contributed by atoms with E-state index in [1.807, 2.05) is 30.3 Å². The lowest BCUT2D eigenvalue weighted by Gasteiger charge is -2.35. The molecule has 96 valence electrons. The minimum absolute atomic E-state index is 0.0927. The first-order valence-corrected chi connectivity index (χ1v) is 7.81. The van der Waals surface area contributed by atoms with E-state index in [9.17, 15) is 9.59 Å². The first-order chi connectivity index (χ1) is 8.66. The van der Waals surface area contributed by atoms with Gasteiger partial charge in [-0.1, -0.05) is 30.3 Å². The second-order valence-corrected chi connectivity index (χ2v) is 7.44. The van der Waals surface area contributed by atoms with E-state index >= 15 is 0 Å². The predicted octanol–water partition coefficient (Wildman–Crippen LogP) is 3.24. The van der Waals surface area contributed by atoms with Gasteiger partial charge in [-0.3, -0.25) is 4.79 Å². The summed E-state index contributed by atoms with van der Waals surface area (Å²) in [4.78, 5) is 23.3. The molecule has 1 atom stereocenters. The van der Waals surface area contributed by atoms with Crippen LogP contribution in [0.4, 0.5) is 4.79 Å². The molecule has 0 N–H and O–H groups in total. The van der Waals surface area contributed by atoms with Crippen LogP contribution in [0, 0.1) is 0 Å². The van der Waals surface area contributed by atoms with Crippen molar-refractivity contribution in [3.05, 3.63) is 47.4 Å². The number of methoxy groups -OCH3 is 1. The first kappa shape index (κ1) is 12.9. The van der Waals surface area contributed by atoms with Crippen LogP contribution in [0.5, 0.6) is 0 Å². The summed E-state index contributed by atoms with van der Waals surface area (Å²) in [6.07, 6.45) is 1.98. The van der Waals surface area contributed by atoms with Crippen molar-refractivity contribution in [2.24, 2.45) is 0 Å². The number of allylic oxidation sites excluding steroid dienone is 1. The van der Waals surface area contributed by atoms with Gasteiger partial charge in [0.1, 0.15) is 0 Å². The van der Waals surface area contributed by atoms with Crippen LogP contribution in [0.15, 0.2) is 41.8 Å². The van der Waals surface area contributed by atoms with Crippen LogP contribution in [0.1, 0.15) is 12.0 Å². The lowest BCUT2D eigenvalue weighted by Crippen LogP contribution is -2.21. The number of benzene rings is 1. The number of carbonyl (C=O) groups is 2. The van der Waals surface area contributed by atoms with Gasteiger partial charge in [-0.25, -0.2) is 4.79 Å². The highest BCUT2D eigenvalue weighted by Crippen LogP contribution is 2.56. The van der Waals surface area contributed by atoms with Crippen LogP contribution >= 0.6 is 10.0 Å². The first-order valence-electron chi connectivity index (χ1n) is 5.78. The minimum Gasteiger partial charge on any atom is -0.462 e.